The van der Waals surface area contributed by atoms with Crippen LogP contribution in [0.2, 0.25) is 0 Å². The van der Waals surface area contributed by atoms with Crippen LogP contribution in [-0.2, 0) is 28.8 Å². The first-order valence-corrected chi connectivity index (χ1v) is 10.7. The minimum atomic E-state index is -0.00658. The van der Waals surface area contributed by atoms with Gasteiger partial charge in [0.05, 0.1) is 17.3 Å². The summed E-state index contributed by atoms with van der Waals surface area (Å²) in [6.07, 6.45) is 6.82. The molecule has 1 aliphatic heterocycles. The number of ether oxygens (including phenoxy) is 1. The SMILES string of the molecule is CN(C)C(=O)CN=C(NCCc1nc2c(s1)CCCC2)NCC1CCOC1. The van der Waals surface area contributed by atoms with E-state index in [2.05, 4.69) is 15.6 Å². The van der Waals surface area contributed by atoms with Crippen LogP contribution >= 0.6 is 11.3 Å². The molecule has 3 rings (SSSR count). The van der Waals surface area contributed by atoms with Gasteiger partial charge in [-0.1, -0.05) is 0 Å². The molecule has 1 aromatic rings. The van der Waals surface area contributed by atoms with Crippen LogP contribution in [-0.4, -0.2) is 68.7 Å². The van der Waals surface area contributed by atoms with Gasteiger partial charge in [-0.2, -0.15) is 0 Å². The molecule has 1 amide bonds. The number of nitrogens with one attached hydrogen (secondary N) is 2. The van der Waals surface area contributed by atoms with E-state index in [4.69, 9.17) is 9.72 Å². The van der Waals surface area contributed by atoms with Crippen LogP contribution in [0.5, 0.6) is 0 Å². The first kappa shape index (κ1) is 20.1. The molecule has 0 radical (unpaired) electrons. The Morgan fingerprint density at radius 3 is 2.93 bits per heavy atom. The van der Waals surface area contributed by atoms with Gasteiger partial charge in [-0.3, -0.25) is 4.79 Å². The molecule has 0 saturated carbocycles. The summed E-state index contributed by atoms with van der Waals surface area (Å²) in [6.45, 7) is 3.35. The zero-order valence-corrected chi connectivity index (χ0v) is 17.2. The van der Waals surface area contributed by atoms with Crippen molar-refractivity contribution in [2.24, 2.45) is 10.9 Å². The second kappa shape index (κ2) is 10.0. The molecule has 1 atom stereocenters. The first-order valence-electron chi connectivity index (χ1n) is 9.89. The van der Waals surface area contributed by atoms with Crippen LogP contribution in [0.25, 0.3) is 0 Å². The van der Waals surface area contributed by atoms with Crippen molar-refractivity contribution >= 4 is 23.2 Å². The van der Waals surface area contributed by atoms with Crippen LogP contribution in [0.3, 0.4) is 0 Å². The summed E-state index contributed by atoms with van der Waals surface area (Å²) in [4.78, 5) is 24.1. The summed E-state index contributed by atoms with van der Waals surface area (Å²) in [5.74, 6) is 1.19. The maximum absolute atomic E-state index is 11.9. The number of nitrogens with zero attached hydrogens (tertiary/aromatic N) is 3. The number of fused-ring (bicyclic) bond motifs is 1. The molecule has 0 spiro atoms. The summed E-state index contributed by atoms with van der Waals surface area (Å²) >= 11 is 1.85. The highest BCUT2D eigenvalue weighted by Gasteiger charge is 2.17. The molecule has 1 saturated heterocycles. The van der Waals surface area contributed by atoms with E-state index in [-0.39, 0.29) is 12.5 Å². The van der Waals surface area contributed by atoms with E-state index in [1.165, 1.54) is 34.8 Å². The number of guanidine groups is 1. The lowest BCUT2D eigenvalue weighted by atomic mass is 10.0. The molecule has 27 heavy (non-hydrogen) atoms. The highest BCUT2D eigenvalue weighted by atomic mass is 32.1. The minimum absolute atomic E-state index is 0.00658. The Morgan fingerprint density at radius 1 is 1.33 bits per heavy atom. The van der Waals surface area contributed by atoms with Crippen molar-refractivity contribution in [2.45, 2.75) is 38.5 Å². The average Bonchev–Trinajstić information content (AvgIpc) is 3.32. The molecular weight excluding hydrogens is 362 g/mol. The largest absolute Gasteiger partial charge is 0.381 e. The van der Waals surface area contributed by atoms with Crippen molar-refractivity contribution in [2.75, 3.05) is 46.9 Å². The van der Waals surface area contributed by atoms with Crippen molar-refractivity contribution in [3.8, 4) is 0 Å². The number of carbonyl (C=O) groups is 1. The Labute approximate surface area is 165 Å². The van der Waals surface area contributed by atoms with Crippen LogP contribution in [0.15, 0.2) is 4.99 Å². The molecule has 0 bridgehead atoms. The number of likely N-dealkylation sites (N-methyl/N-ethyl adjacent to an activating group) is 1. The number of carbonyl (C=O) groups excluding carboxylic acids is 1. The summed E-state index contributed by atoms with van der Waals surface area (Å²) in [6, 6.07) is 0. The Hall–Kier alpha value is -1.67. The zero-order chi connectivity index (χ0) is 19.1. The van der Waals surface area contributed by atoms with Gasteiger partial charge in [0.15, 0.2) is 5.96 Å². The van der Waals surface area contributed by atoms with E-state index in [1.807, 2.05) is 11.3 Å². The second-order valence-corrected chi connectivity index (χ2v) is 8.59. The Morgan fingerprint density at radius 2 is 2.19 bits per heavy atom. The predicted molar refractivity (Wildman–Crippen MR) is 108 cm³/mol. The van der Waals surface area contributed by atoms with E-state index in [0.29, 0.717) is 11.9 Å². The number of hydrogen-bond acceptors (Lipinski definition) is 5. The van der Waals surface area contributed by atoms with Crippen LogP contribution in [0.1, 0.15) is 34.8 Å². The lowest BCUT2D eigenvalue weighted by molar-refractivity contribution is -0.127. The summed E-state index contributed by atoms with van der Waals surface area (Å²) in [7, 11) is 3.50. The zero-order valence-electron chi connectivity index (χ0n) is 16.4. The van der Waals surface area contributed by atoms with E-state index in [1.54, 1.807) is 19.0 Å². The fraction of sp³-hybridized carbons (Fsp3) is 0.737. The number of rotatable bonds is 7. The van der Waals surface area contributed by atoms with Crippen molar-refractivity contribution in [1.29, 1.82) is 0 Å². The number of aliphatic imine (C=N–C) groups is 1. The number of amides is 1. The lowest BCUT2D eigenvalue weighted by Gasteiger charge is -2.15. The maximum atomic E-state index is 11.9. The van der Waals surface area contributed by atoms with Gasteiger partial charge in [0, 0.05) is 51.0 Å². The van der Waals surface area contributed by atoms with Crippen molar-refractivity contribution in [3.05, 3.63) is 15.6 Å². The standard InChI is InChI=1S/C19H31N5O2S/c1-24(2)18(25)12-22-19(21-11-14-8-10-26-13-14)20-9-7-17-23-15-5-3-4-6-16(15)27-17/h14H,3-13H2,1-2H3,(H2,20,21,22). The van der Waals surface area contributed by atoms with Crippen molar-refractivity contribution in [3.63, 3.8) is 0 Å². The topological polar surface area (TPSA) is 78.9 Å². The first-order chi connectivity index (χ1) is 13.1. The number of aryl methyl sites for hydroxylation is 2. The molecule has 150 valence electrons. The van der Waals surface area contributed by atoms with Crippen LogP contribution < -0.4 is 10.6 Å². The highest BCUT2D eigenvalue weighted by Crippen LogP contribution is 2.26. The van der Waals surface area contributed by atoms with Gasteiger partial charge in [0.25, 0.3) is 0 Å². The molecule has 1 aromatic heterocycles. The number of hydrogen-bond donors (Lipinski definition) is 2. The molecule has 7 nitrogen and oxygen atoms in total. The molecular formula is C19H31N5O2S. The van der Waals surface area contributed by atoms with Crippen molar-refractivity contribution in [1.82, 2.24) is 20.5 Å². The van der Waals surface area contributed by atoms with Gasteiger partial charge in [-0.15, -0.1) is 11.3 Å². The fourth-order valence-corrected chi connectivity index (χ4v) is 4.40. The van der Waals surface area contributed by atoms with E-state index < -0.39 is 0 Å². The Balaban J connectivity index is 1.50. The fourth-order valence-electron chi connectivity index (χ4n) is 3.25. The summed E-state index contributed by atoms with van der Waals surface area (Å²) in [5, 5.41) is 7.92. The predicted octanol–water partition coefficient (Wildman–Crippen LogP) is 1.22. The highest BCUT2D eigenvalue weighted by molar-refractivity contribution is 7.11. The quantitative estimate of drug-likeness (QED) is 0.538. The molecule has 2 aliphatic rings. The van der Waals surface area contributed by atoms with Gasteiger partial charge in [0.2, 0.25) is 5.91 Å². The number of aromatic nitrogens is 1. The molecule has 2 N–H and O–H groups in total. The normalized spacial score (nSPS) is 19.6. The second-order valence-electron chi connectivity index (χ2n) is 7.42. The molecule has 2 heterocycles. The van der Waals surface area contributed by atoms with Gasteiger partial charge in [-0.05, 0) is 32.1 Å². The molecule has 1 unspecified atom stereocenters. The summed E-state index contributed by atoms with van der Waals surface area (Å²) in [5.41, 5.74) is 1.31. The molecule has 1 fully saturated rings. The van der Waals surface area contributed by atoms with Gasteiger partial charge >= 0.3 is 0 Å². The Kier molecular flexibility index (Phi) is 7.46. The van der Waals surface area contributed by atoms with Crippen molar-refractivity contribution < 1.29 is 9.53 Å². The molecule has 8 heteroatoms. The van der Waals surface area contributed by atoms with Gasteiger partial charge < -0.3 is 20.3 Å². The minimum Gasteiger partial charge on any atom is -0.381 e. The maximum Gasteiger partial charge on any atom is 0.243 e. The van der Waals surface area contributed by atoms with Gasteiger partial charge in [-0.25, -0.2) is 9.98 Å². The van der Waals surface area contributed by atoms with Crippen LogP contribution in [0, 0.1) is 5.92 Å². The Bertz CT molecular complexity index is 629. The van der Waals surface area contributed by atoms with E-state index in [9.17, 15) is 4.79 Å². The lowest BCUT2D eigenvalue weighted by Crippen LogP contribution is -2.41. The van der Waals surface area contributed by atoms with Crippen LogP contribution in [0.4, 0.5) is 0 Å². The third kappa shape index (κ3) is 6.17. The number of thiazole rings is 1. The smallest absolute Gasteiger partial charge is 0.243 e. The monoisotopic (exact) mass is 393 g/mol. The molecule has 0 aromatic carbocycles. The third-order valence-electron chi connectivity index (χ3n) is 4.97. The molecule has 1 aliphatic carbocycles. The summed E-state index contributed by atoms with van der Waals surface area (Å²) < 4.78 is 5.43. The third-order valence-corrected chi connectivity index (χ3v) is 6.19. The average molecular weight is 394 g/mol. The van der Waals surface area contributed by atoms with Gasteiger partial charge in [0.1, 0.15) is 6.54 Å². The van der Waals surface area contributed by atoms with E-state index in [0.717, 1.165) is 45.6 Å². The van der Waals surface area contributed by atoms with E-state index >= 15 is 0 Å².